The van der Waals surface area contributed by atoms with Crippen LogP contribution in [0, 0.1) is 10.8 Å². The predicted octanol–water partition coefficient (Wildman–Crippen LogP) is 3.41. The van der Waals surface area contributed by atoms with Crippen LogP contribution < -0.4 is 0 Å². The standard InChI is InChI=1S/C19H38N2O2/c1-18(2,3)8-10-20-11-13-21(14-12-20)17(22)7-15-23-16-9-19(4,5)6/h7-16H2,1-6H3. The number of ether oxygens (including phenoxy) is 1. The summed E-state index contributed by atoms with van der Waals surface area (Å²) in [7, 11) is 0. The van der Waals surface area contributed by atoms with E-state index in [1.807, 2.05) is 4.90 Å². The second-order valence-electron chi connectivity index (χ2n) is 9.21. The zero-order valence-electron chi connectivity index (χ0n) is 16.3. The van der Waals surface area contributed by atoms with Crippen LogP contribution in [0.1, 0.15) is 60.8 Å². The van der Waals surface area contributed by atoms with E-state index in [4.69, 9.17) is 4.74 Å². The molecule has 0 saturated carbocycles. The van der Waals surface area contributed by atoms with E-state index in [1.165, 1.54) is 6.42 Å². The van der Waals surface area contributed by atoms with Gasteiger partial charge in [0.1, 0.15) is 0 Å². The molecular weight excluding hydrogens is 288 g/mol. The van der Waals surface area contributed by atoms with Gasteiger partial charge in [-0.15, -0.1) is 0 Å². The third-order valence-electron chi connectivity index (χ3n) is 4.36. The molecule has 0 N–H and O–H groups in total. The minimum absolute atomic E-state index is 0.247. The van der Waals surface area contributed by atoms with Crippen molar-refractivity contribution in [3.05, 3.63) is 0 Å². The molecule has 0 unspecified atom stereocenters. The molecule has 136 valence electrons. The van der Waals surface area contributed by atoms with Crippen molar-refractivity contribution in [1.82, 2.24) is 9.80 Å². The first-order valence-corrected chi connectivity index (χ1v) is 9.15. The monoisotopic (exact) mass is 326 g/mol. The molecular formula is C19H38N2O2. The Morgan fingerprint density at radius 2 is 1.43 bits per heavy atom. The Morgan fingerprint density at radius 1 is 0.870 bits per heavy atom. The van der Waals surface area contributed by atoms with Gasteiger partial charge in [0.15, 0.2) is 0 Å². The molecule has 0 aromatic heterocycles. The Hall–Kier alpha value is -0.610. The molecule has 0 radical (unpaired) electrons. The second-order valence-corrected chi connectivity index (χ2v) is 9.21. The highest BCUT2D eigenvalue weighted by atomic mass is 16.5. The summed E-state index contributed by atoms with van der Waals surface area (Å²) in [5, 5.41) is 0. The number of carbonyl (C=O) groups is 1. The minimum atomic E-state index is 0.247. The highest BCUT2D eigenvalue weighted by Gasteiger charge is 2.22. The molecule has 1 aliphatic rings. The first-order valence-electron chi connectivity index (χ1n) is 9.15. The number of piperazine rings is 1. The fourth-order valence-electron chi connectivity index (χ4n) is 2.51. The van der Waals surface area contributed by atoms with Gasteiger partial charge in [0.05, 0.1) is 13.0 Å². The normalized spacial score (nSPS) is 17.6. The van der Waals surface area contributed by atoms with Crippen LogP contribution in [0.3, 0.4) is 0 Å². The summed E-state index contributed by atoms with van der Waals surface area (Å²) in [6.07, 6.45) is 2.77. The lowest BCUT2D eigenvalue weighted by molar-refractivity contribution is -0.134. The van der Waals surface area contributed by atoms with Gasteiger partial charge in [-0.05, 0) is 30.2 Å². The van der Waals surface area contributed by atoms with Gasteiger partial charge in [-0.1, -0.05) is 41.5 Å². The lowest BCUT2D eigenvalue weighted by Gasteiger charge is -2.36. The quantitative estimate of drug-likeness (QED) is 0.672. The number of nitrogens with zero attached hydrogens (tertiary/aromatic N) is 2. The van der Waals surface area contributed by atoms with E-state index in [0.29, 0.717) is 23.9 Å². The van der Waals surface area contributed by atoms with Crippen molar-refractivity contribution in [2.24, 2.45) is 10.8 Å². The van der Waals surface area contributed by atoms with Gasteiger partial charge in [-0.3, -0.25) is 9.69 Å². The van der Waals surface area contributed by atoms with Crippen molar-refractivity contribution < 1.29 is 9.53 Å². The van der Waals surface area contributed by atoms with Gasteiger partial charge in [-0.25, -0.2) is 0 Å². The highest BCUT2D eigenvalue weighted by molar-refractivity contribution is 5.76. The van der Waals surface area contributed by atoms with Crippen molar-refractivity contribution in [3.8, 4) is 0 Å². The number of amides is 1. The Bertz CT molecular complexity index is 347. The molecule has 23 heavy (non-hydrogen) atoms. The number of hydrogen-bond acceptors (Lipinski definition) is 3. The summed E-state index contributed by atoms with van der Waals surface area (Å²) >= 11 is 0. The summed E-state index contributed by atoms with van der Waals surface area (Å²) in [6, 6.07) is 0. The number of rotatable bonds is 7. The third kappa shape index (κ3) is 9.98. The molecule has 0 bridgehead atoms. The minimum Gasteiger partial charge on any atom is -0.381 e. The van der Waals surface area contributed by atoms with Crippen LogP contribution in [0.4, 0.5) is 0 Å². The van der Waals surface area contributed by atoms with Crippen LogP contribution in [0.25, 0.3) is 0 Å². The van der Waals surface area contributed by atoms with E-state index >= 15 is 0 Å². The Kier molecular flexibility index (Phi) is 8.02. The van der Waals surface area contributed by atoms with Crippen molar-refractivity contribution in [3.63, 3.8) is 0 Å². The second kappa shape index (κ2) is 9.03. The average Bonchev–Trinajstić information content (AvgIpc) is 2.43. The van der Waals surface area contributed by atoms with E-state index in [9.17, 15) is 4.79 Å². The van der Waals surface area contributed by atoms with E-state index in [1.54, 1.807) is 0 Å². The molecule has 1 fully saturated rings. The van der Waals surface area contributed by atoms with Gasteiger partial charge in [0, 0.05) is 32.8 Å². The van der Waals surface area contributed by atoms with Crippen LogP contribution in [0.5, 0.6) is 0 Å². The maximum absolute atomic E-state index is 12.2. The maximum Gasteiger partial charge on any atom is 0.224 e. The Morgan fingerprint density at radius 3 is 1.96 bits per heavy atom. The zero-order chi connectivity index (χ0) is 17.5. The summed E-state index contributed by atoms with van der Waals surface area (Å²) < 4.78 is 5.61. The molecule has 1 amide bonds. The van der Waals surface area contributed by atoms with Crippen molar-refractivity contribution in [2.45, 2.75) is 60.8 Å². The van der Waals surface area contributed by atoms with Gasteiger partial charge in [0.25, 0.3) is 0 Å². The molecule has 0 atom stereocenters. The van der Waals surface area contributed by atoms with Crippen LogP contribution >= 0.6 is 0 Å². The summed E-state index contributed by atoms with van der Waals surface area (Å²) in [6.45, 7) is 19.7. The lowest BCUT2D eigenvalue weighted by Crippen LogP contribution is -2.49. The fraction of sp³-hybridized carbons (Fsp3) is 0.947. The molecule has 1 rings (SSSR count). The van der Waals surface area contributed by atoms with Crippen molar-refractivity contribution >= 4 is 5.91 Å². The largest absolute Gasteiger partial charge is 0.381 e. The van der Waals surface area contributed by atoms with E-state index < -0.39 is 0 Å². The van der Waals surface area contributed by atoms with Crippen LogP contribution in [-0.4, -0.2) is 61.6 Å². The SMILES string of the molecule is CC(C)(C)CCOCCC(=O)N1CCN(CCC(C)(C)C)CC1. The van der Waals surface area contributed by atoms with E-state index in [-0.39, 0.29) is 5.91 Å². The summed E-state index contributed by atoms with van der Waals surface area (Å²) in [5.41, 5.74) is 0.685. The molecule has 0 aromatic carbocycles. The molecule has 1 heterocycles. The molecule has 0 aliphatic carbocycles. The maximum atomic E-state index is 12.2. The summed E-state index contributed by atoms with van der Waals surface area (Å²) in [4.78, 5) is 16.7. The van der Waals surface area contributed by atoms with Gasteiger partial charge < -0.3 is 9.64 Å². The molecule has 1 saturated heterocycles. The highest BCUT2D eigenvalue weighted by Crippen LogP contribution is 2.19. The summed E-state index contributed by atoms with van der Waals surface area (Å²) in [5.74, 6) is 0.247. The smallest absolute Gasteiger partial charge is 0.224 e. The Labute approximate surface area is 143 Å². The molecule has 1 aliphatic heterocycles. The third-order valence-corrected chi connectivity index (χ3v) is 4.36. The molecule has 4 heteroatoms. The molecule has 0 aromatic rings. The fourth-order valence-corrected chi connectivity index (χ4v) is 2.51. The van der Waals surface area contributed by atoms with E-state index in [0.717, 1.165) is 45.8 Å². The van der Waals surface area contributed by atoms with Gasteiger partial charge in [-0.2, -0.15) is 0 Å². The van der Waals surface area contributed by atoms with E-state index in [2.05, 4.69) is 46.4 Å². The van der Waals surface area contributed by atoms with Gasteiger partial charge in [0.2, 0.25) is 5.91 Å². The predicted molar refractivity (Wildman–Crippen MR) is 96.6 cm³/mol. The number of hydrogen-bond donors (Lipinski definition) is 0. The van der Waals surface area contributed by atoms with Crippen molar-refractivity contribution in [1.29, 1.82) is 0 Å². The first-order chi connectivity index (χ1) is 10.6. The lowest BCUT2D eigenvalue weighted by atomic mass is 9.92. The van der Waals surface area contributed by atoms with Gasteiger partial charge >= 0.3 is 0 Å². The number of carbonyl (C=O) groups excluding carboxylic acids is 1. The topological polar surface area (TPSA) is 32.8 Å². The van der Waals surface area contributed by atoms with Crippen LogP contribution in [0.2, 0.25) is 0 Å². The average molecular weight is 327 g/mol. The van der Waals surface area contributed by atoms with Crippen LogP contribution in [0.15, 0.2) is 0 Å². The molecule has 0 spiro atoms. The molecule has 4 nitrogen and oxygen atoms in total. The zero-order valence-corrected chi connectivity index (χ0v) is 16.3. The Balaban J connectivity index is 2.13. The van der Waals surface area contributed by atoms with Crippen molar-refractivity contribution in [2.75, 3.05) is 45.9 Å². The van der Waals surface area contributed by atoms with Crippen LogP contribution in [-0.2, 0) is 9.53 Å². The first kappa shape index (κ1) is 20.4.